The molecule has 0 atom stereocenters. The molecular formula is C17H18FNO3S. The minimum Gasteiger partial charge on any atom is -0.371 e. The summed E-state index contributed by atoms with van der Waals surface area (Å²) in [5.41, 5.74) is 1.65. The quantitative estimate of drug-likeness (QED) is 0.815. The topological polar surface area (TPSA) is 46.6 Å². The second-order valence-corrected chi connectivity index (χ2v) is 7.59. The standard InChI is InChI=1S/C17H18FNO3S/c18-16-8-6-14(7-9-16)12-22-17-10-19(11-17)23(20,21)13-15-4-2-1-3-5-15/h1-9,17H,10-13H2. The van der Waals surface area contributed by atoms with E-state index < -0.39 is 10.0 Å². The number of ether oxygens (including phenoxy) is 1. The number of rotatable bonds is 6. The van der Waals surface area contributed by atoms with Crippen LogP contribution in [-0.2, 0) is 27.1 Å². The molecule has 3 rings (SSSR count). The Labute approximate surface area is 135 Å². The van der Waals surface area contributed by atoms with Crippen molar-refractivity contribution in [3.63, 3.8) is 0 Å². The summed E-state index contributed by atoms with van der Waals surface area (Å²) in [4.78, 5) is 0. The Morgan fingerprint density at radius 2 is 1.65 bits per heavy atom. The molecule has 0 bridgehead atoms. The van der Waals surface area contributed by atoms with Crippen molar-refractivity contribution in [1.29, 1.82) is 0 Å². The normalized spacial score (nSPS) is 16.2. The van der Waals surface area contributed by atoms with Gasteiger partial charge in [0.15, 0.2) is 0 Å². The van der Waals surface area contributed by atoms with Crippen molar-refractivity contribution < 1.29 is 17.5 Å². The lowest BCUT2D eigenvalue weighted by molar-refractivity contribution is -0.0296. The largest absolute Gasteiger partial charge is 0.371 e. The maximum Gasteiger partial charge on any atom is 0.218 e. The van der Waals surface area contributed by atoms with Gasteiger partial charge in [0.25, 0.3) is 0 Å². The molecule has 2 aromatic carbocycles. The van der Waals surface area contributed by atoms with E-state index in [4.69, 9.17) is 4.74 Å². The summed E-state index contributed by atoms with van der Waals surface area (Å²) in [5, 5.41) is 0. The number of sulfonamides is 1. The van der Waals surface area contributed by atoms with Crippen LogP contribution in [0.3, 0.4) is 0 Å². The average molecular weight is 335 g/mol. The van der Waals surface area contributed by atoms with E-state index in [-0.39, 0.29) is 17.7 Å². The molecule has 6 heteroatoms. The Bertz CT molecular complexity index is 741. The first kappa shape index (κ1) is 16.1. The van der Waals surface area contributed by atoms with Crippen LogP contribution >= 0.6 is 0 Å². The maximum absolute atomic E-state index is 12.8. The molecule has 0 radical (unpaired) electrons. The van der Waals surface area contributed by atoms with Gasteiger partial charge >= 0.3 is 0 Å². The molecule has 23 heavy (non-hydrogen) atoms. The van der Waals surface area contributed by atoms with Gasteiger partial charge in [-0.15, -0.1) is 0 Å². The number of benzene rings is 2. The van der Waals surface area contributed by atoms with Gasteiger partial charge in [0.1, 0.15) is 5.82 Å². The summed E-state index contributed by atoms with van der Waals surface area (Å²) in [7, 11) is -3.29. The Hall–Kier alpha value is -1.76. The van der Waals surface area contributed by atoms with Crippen molar-refractivity contribution in [2.75, 3.05) is 13.1 Å². The van der Waals surface area contributed by atoms with Crippen molar-refractivity contribution in [2.45, 2.75) is 18.5 Å². The lowest BCUT2D eigenvalue weighted by atomic mass is 10.2. The third-order valence-corrected chi connectivity index (χ3v) is 5.58. The zero-order valence-corrected chi connectivity index (χ0v) is 13.4. The van der Waals surface area contributed by atoms with Crippen molar-refractivity contribution in [3.8, 4) is 0 Å². The van der Waals surface area contributed by atoms with Crippen LogP contribution in [0, 0.1) is 5.82 Å². The fourth-order valence-electron chi connectivity index (χ4n) is 2.40. The molecule has 1 aliphatic heterocycles. The van der Waals surface area contributed by atoms with Crippen molar-refractivity contribution >= 4 is 10.0 Å². The minimum absolute atomic E-state index is 0.0124. The molecular weight excluding hydrogens is 317 g/mol. The molecule has 4 nitrogen and oxygen atoms in total. The highest BCUT2D eigenvalue weighted by Gasteiger charge is 2.36. The molecule has 0 spiro atoms. The van der Waals surface area contributed by atoms with E-state index in [0.717, 1.165) is 11.1 Å². The molecule has 122 valence electrons. The van der Waals surface area contributed by atoms with Crippen LogP contribution in [-0.4, -0.2) is 31.9 Å². The van der Waals surface area contributed by atoms with Crippen LogP contribution in [0.1, 0.15) is 11.1 Å². The average Bonchev–Trinajstić information content (AvgIpc) is 2.48. The number of nitrogens with zero attached hydrogens (tertiary/aromatic N) is 1. The zero-order valence-electron chi connectivity index (χ0n) is 12.6. The third-order valence-electron chi connectivity index (χ3n) is 3.80. The molecule has 0 aromatic heterocycles. The van der Waals surface area contributed by atoms with Gasteiger partial charge in [-0.25, -0.2) is 12.8 Å². The molecule has 0 N–H and O–H groups in total. The van der Waals surface area contributed by atoms with Crippen LogP contribution < -0.4 is 0 Å². The lowest BCUT2D eigenvalue weighted by Crippen LogP contribution is -2.54. The second-order valence-electron chi connectivity index (χ2n) is 5.62. The fraction of sp³-hybridized carbons (Fsp3) is 0.294. The first-order valence-electron chi connectivity index (χ1n) is 7.41. The number of halogens is 1. The molecule has 0 amide bonds. The molecule has 2 aromatic rings. The Kier molecular flexibility index (Phi) is 4.75. The molecule has 1 aliphatic rings. The van der Waals surface area contributed by atoms with E-state index in [1.54, 1.807) is 24.3 Å². The van der Waals surface area contributed by atoms with Crippen LogP contribution in [0.5, 0.6) is 0 Å². The SMILES string of the molecule is O=S(=O)(Cc1ccccc1)N1CC(OCc2ccc(F)cc2)C1. The molecule has 0 saturated carbocycles. The Morgan fingerprint density at radius 3 is 2.30 bits per heavy atom. The lowest BCUT2D eigenvalue weighted by Gasteiger charge is -2.37. The molecule has 0 aliphatic carbocycles. The minimum atomic E-state index is -3.29. The van der Waals surface area contributed by atoms with Crippen LogP contribution in [0.25, 0.3) is 0 Å². The van der Waals surface area contributed by atoms with E-state index in [2.05, 4.69) is 0 Å². The number of hydrogen-bond donors (Lipinski definition) is 0. The van der Waals surface area contributed by atoms with E-state index >= 15 is 0 Å². The molecule has 1 saturated heterocycles. The second kappa shape index (κ2) is 6.78. The number of hydrogen-bond acceptors (Lipinski definition) is 3. The van der Waals surface area contributed by atoms with Gasteiger partial charge < -0.3 is 4.74 Å². The summed E-state index contributed by atoms with van der Waals surface area (Å²) < 4.78 is 44.4. The van der Waals surface area contributed by atoms with Crippen LogP contribution in [0.4, 0.5) is 4.39 Å². The zero-order chi connectivity index (χ0) is 16.3. The fourth-order valence-corrected chi connectivity index (χ4v) is 3.99. The summed E-state index contributed by atoms with van der Waals surface area (Å²) in [5.74, 6) is -0.269. The van der Waals surface area contributed by atoms with Gasteiger partial charge in [0, 0.05) is 13.1 Å². The Balaban J connectivity index is 1.47. The monoisotopic (exact) mass is 335 g/mol. The summed E-state index contributed by atoms with van der Waals surface area (Å²) in [6.07, 6.45) is -0.106. The molecule has 0 unspecified atom stereocenters. The highest BCUT2D eigenvalue weighted by molar-refractivity contribution is 7.88. The molecule has 1 heterocycles. The van der Waals surface area contributed by atoms with E-state index in [1.807, 2.05) is 18.2 Å². The van der Waals surface area contributed by atoms with Crippen molar-refractivity contribution in [3.05, 3.63) is 71.5 Å². The van der Waals surface area contributed by atoms with Gasteiger partial charge in [-0.05, 0) is 23.3 Å². The van der Waals surface area contributed by atoms with Gasteiger partial charge in [-0.2, -0.15) is 4.31 Å². The Morgan fingerprint density at radius 1 is 1.00 bits per heavy atom. The van der Waals surface area contributed by atoms with Crippen LogP contribution in [0.2, 0.25) is 0 Å². The van der Waals surface area contributed by atoms with Gasteiger partial charge in [-0.3, -0.25) is 0 Å². The van der Waals surface area contributed by atoms with Crippen molar-refractivity contribution in [1.82, 2.24) is 4.31 Å². The van der Waals surface area contributed by atoms with Gasteiger partial charge in [0.05, 0.1) is 18.5 Å². The van der Waals surface area contributed by atoms with Gasteiger partial charge in [-0.1, -0.05) is 42.5 Å². The summed E-state index contributed by atoms with van der Waals surface area (Å²) in [6.45, 7) is 1.10. The summed E-state index contributed by atoms with van der Waals surface area (Å²) >= 11 is 0. The van der Waals surface area contributed by atoms with Gasteiger partial charge in [0.2, 0.25) is 10.0 Å². The third kappa shape index (κ3) is 4.16. The predicted octanol–water partition coefficient (Wildman–Crippen LogP) is 2.56. The maximum atomic E-state index is 12.8. The highest BCUT2D eigenvalue weighted by atomic mass is 32.2. The first-order valence-corrected chi connectivity index (χ1v) is 9.02. The summed E-state index contributed by atoms with van der Waals surface area (Å²) in [6, 6.07) is 15.2. The van der Waals surface area contributed by atoms with E-state index in [9.17, 15) is 12.8 Å². The van der Waals surface area contributed by atoms with E-state index in [0.29, 0.717) is 19.7 Å². The molecule has 1 fully saturated rings. The van der Waals surface area contributed by atoms with Crippen molar-refractivity contribution in [2.24, 2.45) is 0 Å². The van der Waals surface area contributed by atoms with Crippen LogP contribution in [0.15, 0.2) is 54.6 Å². The first-order chi connectivity index (χ1) is 11.0. The predicted molar refractivity (Wildman–Crippen MR) is 85.6 cm³/mol. The highest BCUT2D eigenvalue weighted by Crippen LogP contribution is 2.21. The smallest absolute Gasteiger partial charge is 0.218 e. The van der Waals surface area contributed by atoms with E-state index in [1.165, 1.54) is 16.4 Å².